The van der Waals surface area contributed by atoms with E-state index in [1.807, 2.05) is 49.4 Å². The van der Waals surface area contributed by atoms with Gasteiger partial charge in [0.2, 0.25) is 0 Å². The topological polar surface area (TPSA) is 77.1 Å². The number of rotatable bonds is 7. The molecule has 1 aliphatic rings. The van der Waals surface area contributed by atoms with Gasteiger partial charge in [-0.15, -0.1) is 0 Å². The molecular formula is C29H31ClN2O5. The predicted octanol–water partition coefficient (Wildman–Crippen LogP) is 6.48. The molecule has 0 bridgehead atoms. The van der Waals surface area contributed by atoms with Gasteiger partial charge in [-0.25, -0.2) is 4.79 Å². The van der Waals surface area contributed by atoms with Crippen LogP contribution < -0.4 is 19.7 Å². The zero-order chi connectivity index (χ0) is 26.6. The number of carbonyl (C=O) groups is 2. The molecule has 0 fully saturated rings. The van der Waals surface area contributed by atoms with Crippen molar-refractivity contribution in [3.8, 4) is 11.5 Å². The molecule has 37 heavy (non-hydrogen) atoms. The molecule has 0 spiro atoms. The highest BCUT2D eigenvalue weighted by atomic mass is 35.5. The second kappa shape index (κ2) is 10.7. The van der Waals surface area contributed by atoms with Crippen LogP contribution in [-0.2, 0) is 22.6 Å². The summed E-state index contributed by atoms with van der Waals surface area (Å²) in [6.07, 6.45) is -0.235. The predicted molar refractivity (Wildman–Crippen MR) is 143 cm³/mol. The highest BCUT2D eigenvalue weighted by Gasteiger charge is 2.49. The number of carbonyl (C=O) groups excluding carboxylic acids is 2. The molecule has 1 N–H and O–H groups in total. The van der Waals surface area contributed by atoms with Gasteiger partial charge in [0.25, 0.3) is 0 Å². The molecule has 0 aliphatic carbocycles. The number of benzene rings is 3. The Morgan fingerprint density at radius 1 is 1.03 bits per heavy atom. The number of nitrogens with zero attached hydrogens (tertiary/aromatic N) is 1. The summed E-state index contributed by atoms with van der Waals surface area (Å²) in [4.78, 5) is 27.7. The number of para-hydroxylation sites is 2. The molecule has 3 aromatic carbocycles. The maximum atomic E-state index is 13.9. The number of amides is 2. The molecule has 194 valence electrons. The van der Waals surface area contributed by atoms with E-state index in [9.17, 15) is 9.59 Å². The van der Waals surface area contributed by atoms with Crippen LogP contribution in [0.3, 0.4) is 0 Å². The fourth-order valence-electron chi connectivity index (χ4n) is 3.99. The molecule has 1 unspecified atom stereocenters. The Morgan fingerprint density at radius 2 is 1.76 bits per heavy atom. The third-order valence-electron chi connectivity index (χ3n) is 5.74. The summed E-state index contributed by atoms with van der Waals surface area (Å²) < 4.78 is 17.8. The van der Waals surface area contributed by atoms with Crippen molar-refractivity contribution in [1.82, 2.24) is 5.32 Å². The number of halogens is 1. The van der Waals surface area contributed by atoms with E-state index in [0.29, 0.717) is 28.8 Å². The minimum Gasteiger partial charge on any atom is -0.444 e. The van der Waals surface area contributed by atoms with Gasteiger partial charge in [0, 0.05) is 18.0 Å². The summed E-state index contributed by atoms with van der Waals surface area (Å²) in [5.74, 6) is -0.857. The molecule has 0 radical (unpaired) electrons. The van der Waals surface area contributed by atoms with Crippen LogP contribution in [-0.4, -0.2) is 23.4 Å². The van der Waals surface area contributed by atoms with Crippen molar-refractivity contribution in [2.75, 3.05) is 4.90 Å². The molecule has 1 aliphatic heterocycles. The number of alkyl carbamates (subject to hydrolysis) is 1. The van der Waals surface area contributed by atoms with Crippen LogP contribution in [0.15, 0.2) is 72.8 Å². The number of anilines is 1. The maximum absolute atomic E-state index is 13.9. The average Bonchev–Trinajstić information content (AvgIpc) is 2.85. The van der Waals surface area contributed by atoms with E-state index in [0.717, 1.165) is 11.1 Å². The van der Waals surface area contributed by atoms with Crippen LogP contribution in [0.1, 0.15) is 45.2 Å². The molecular weight excluding hydrogens is 492 g/mol. The first-order valence-electron chi connectivity index (χ1n) is 12.2. The standard InChI is InChI=1S/C29H31ClN2O5/c1-5-29(35-23-10-8-9-21(17-23)18-31-27(34)37-28(2,3)4)26(33)32(19-20-13-15-22(30)16-14-20)24-11-6-7-12-25(24)36-29/h6-17H,5,18-19H2,1-4H3,(H,31,34). The van der Waals surface area contributed by atoms with Crippen LogP contribution in [0.2, 0.25) is 5.02 Å². The normalized spacial score (nSPS) is 17.0. The van der Waals surface area contributed by atoms with E-state index < -0.39 is 17.5 Å². The minimum absolute atomic E-state index is 0.242. The van der Waals surface area contributed by atoms with Gasteiger partial charge in [0.1, 0.15) is 17.1 Å². The smallest absolute Gasteiger partial charge is 0.407 e. The van der Waals surface area contributed by atoms with Gasteiger partial charge in [-0.05, 0) is 68.3 Å². The summed E-state index contributed by atoms with van der Waals surface area (Å²) in [6.45, 7) is 7.84. The van der Waals surface area contributed by atoms with E-state index in [4.69, 9.17) is 25.8 Å². The van der Waals surface area contributed by atoms with Crippen LogP contribution in [0.25, 0.3) is 0 Å². The number of fused-ring (bicyclic) bond motifs is 1. The summed E-state index contributed by atoms with van der Waals surface area (Å²) in [6, 6.07) is 22.0. The monoisotopic (exact) mass is 522 g/mol. The van der Waals surface area contributed by atoms with Crippen molar-refractivity contribution in [3.63, 3.8) is 0 Å². The van der Waals surface area contributed by atoms with Gasteiger partial charge in [-0.2, -0.15) is 0 Å². The highest BCUT2D eigenvalue weighted by molar-refractivity contribution is 6.30. The molecule has 0 saturated heterocycles. The molecule has 3 aromatic rings. The zero-order valence-electron chi connectivity index (χ0n) is 21.4. The number of hydrogen-bond donors (Lipinski definition) is 1. The van der Waals surface area contributed by atoms with Gasteiger partial charge < -0.3 is 19.5 Å². The van der Waals surface area contributed by atoms with Crippen molar-refractivity contribution in [3.05, 3.63) is 88.9 Å². The molecule has 0 aromatic heterocycles. The van der Waals surface area contributed by atoms with Gasteiger partial charge >= 0.3 is 17.8 Å². The number of ether oxygens (including phenoxy) is 3. The average molecular weight is 523 g/mol. The summed E-state index contributed by atoms with van der Waals surface area (Å²) in [5.41, 5.74) is 1.80. The van der Waals surface area contributed by atoms with Crippen LogP contribution >= 0.6 is 11.6 Å². The molecule has 4 rings (SSSR count). The fourth-order valence-corrected chi connectivity index (χ4v) is 4.12. The Bertz CT molecular complexity index is 1270. The quantitative estimate of drug-likeness (QED) is 0.384. The molecule has 1 atom stereocenters. The van der Waals surface area contributed by atoms with Gasteiger partial charge in [-0.3, -0.25) is 9.69 Å². The third kappa shape index (κ3) is 6.35. The zero-order valence-corrected chi connectivity index (χ0v) is 22.2. The van der Waals surface area contributed by atoms with E-state index in [-0.39, 0.29) is 18.9 Å². The highest BCUT2D eigenvalue weighted by Crippen LogP contribution is 2.41. The summed E-state index contributed by atoms with van der Waals surface area (Å²) >= 11 is 6.05. The maximum Gasteiger partial charge on any atom is 0.407 e. The Kier molecular flexibility index (Phi) is 7.64. The van der Waals surface area contributed by atoms with Crippen molar-refractivity contribution >= 4 is 29.3 Å². The molecule has 2 amide bonds. The van der Waals surface area contributed by atoms with E-state index in [1.165, 1.54) is 0 Å². The molecule has 7 nitrogen and oxygen atoms in total. The lowest BCUT2D eigenvalue weighted by Crippen LogP contribution is -2.59. The Morgan fingerprint density at radius 3 is 2.46 bits per heavy atom. The van der Waals surface area contributed by atoms with Crippen LogP contribution in [0, 0.1) is 0 Å². The number of hydrogen-bond acceptors (Lipinski definition) is 5. The van der Waals surface area contributed by atoms with Gasteiger partial charge in [0.15, 0.2) is 0 Å². The minimum atomic E-state index is -1.56. The van der Waals surface area contributed by atoms with Crippen molar-refractivity contribution in [2.24, 2.45) is 0 Å². The van der Waals surface area contributed by atoms with Gasteiger partial charge in [0.05, 0.1) is 12.2 Å². The summed E-state index contributed by atoms with van der Waals surface area (Å²) in [5, 5.41) is 3.37. The number of nitrogens with one attached hydrogen (secondary N) is 1. The Labute approximate surface area is 222 Å². The lowest BCUT2D eigenvalue weighted by Gasteiger charge is -2.41. The lowest BCUT2D eigenvalue weighted by molar-refractivity contribution is -0.167. The second-order valence-electron chi connectivity index (χ2n) is 9.80. The fraction of sp³-hybridized carbons (Fsp3) is 0.310. The SMILES string of the molecule is CCC1(Oc2cccc(CNC(=O)OC(C)(C)C)c2)Oc2ccccc2N(Cc2ccc(Cl)cc2)C1=O. The second-order valence-corrected chi connectivity index (χ2v) is 10.2. The van der Waals surface area contributed by atoms with E-state index >= 15 is 0 Å². The van der Waals surface area contributed by atoms with E-state index in [1.54, 1.807) is 56.0 Å². The van der Waals surface area contributed by atoms with Gasteiger partial charge in [-0.1, -0.05) is 54.9 Å². The van der Waals surface area contributed by atoms with Crippen LogP contribution in [0.5, 0.6) is 11.5 Å². The van der Waals surface area contributed by atoms with Crippen molar-refractivity contribution in [1.29, 1.82) is 0 Å². The lowest BCUT2D eigenvalue weighted by atomic mass is 10.1. The van der Waals surface area contributed by atoms with Crippen LogP contribution in [0.4, 0.5) is 10.5 Å². The first-order chi connectivity index (χ1) is 17.6. The first kappa shape index (κ1) is 26.4. The molecule has 8 heteroatoms. The molecule has 1 heterocycles. The largest absolute Gasteiger partial charge is 0.444 e. The van der Waals surface area contributed by atoms with Crippen molar-refractivity contribution < 1.29 is 23.8 Å². The first-order valence-corrected chi connectivity index (χ1v) is 12.6. The van der Waals surface area contributed by atoms with E-state index in [2.05, 4.69) is 5.32 Å². The molecule has 0 saturated carbocycles. The Hall–Kier alpha value is -3.71. The Balaban J connectivity index is 1.57. The van der Waals surface area contributed by atoms with Crippen molar-refractivity contribution in [2.45, 2.75) is 58.6 Å². The third-order valence-corrected chi connectivity index (χ3v) is 5.99. The summed E-state index contributed by atoms with van der Waals surface area (Å²) in [7, 11) is 0.